The van der Waals surface area contributed by atoms with Gasteiger partial charge in [-0.3, -0.25) is 4.79 Å². The van der Waals surface area contributed by atoms with Crippen molar-refractivity contribution in [3.8, 4) is 22.8 Å². The third-order valence-corrected chi connectivity index (χ3v) is 5.19. The molecule has 2 aromatic carbocycles. The number of ether oxygens (including phenoxy) is 1. The van der Waals surface area contributed by atoms with E-state index in [-0.39, 0.29) is 18.1 Å². The van der Waals surface area contributed by atoms with Gasteiger partial charge in [-0.05, 0) is 23.6 Å². The van der Waals surface area contributed by atoms with Crippen LogP contribution in [0.1, 0.15) is 15.2 Å². The van der Waals surface area contributed by atoms with Crippen LogP contribution in [0.2, 0.25) is 0 Å². The number of nitrogens with one attached hydrogen (secondary N) is 1. The second-order valence-corrected chi connectivity index (χ2v) is 7.41. The van der Waals surface area contributed by atoms with Gasteiger partial charge >= 0.3 is 5.97 Å². The van der Waals surface area contributed by atoms with Crippen LogP contribution < -0.4 is 5.32 Å². The highest BCUT2D eigenvalue weighted by atomic mass is 32.1. The van der Waals surface area contributed by atoms with E-state index < -0.39 is 5.97 Å². The van der Waals surface area contributed by atoms with Gasteiger partial charge in [-0.1, -0.05) is 48.5 Å². The zero-order valence-corrected chi connectivity index (χ0v) is 16.7. The van der Waals surface area contributed by atoms with Crippen LogP contribution in [0.5, 0.6) is 0 Å². The van der Waals surface area contributed by atoms with E-state index in [9.17, 15) is 9.59 Å². The maximum absolute atomic E-state index is 12.6. The Hall–Kier alpha value is -3.71. The molecule has 1 N–H and O–H groups in total. The van der Waals surface area contributed by atoms with Crippen LogP contribution in [0.15, 0.2) is 82.7 Å². The van der Waals surface area contributed by atoms with Gasteiger partial charge in [0, 0.05) is 10.4 Å². The summed E-state index contributed by atoms with van der Waals surface area (Å²) < 4.78 is 11.1. The van der Waals surface area contributed by atoms with Gasteiger partial charge in [0.1, 0.15) is 0 Å². The first kappa shape index (κ1) is 19.6. The summed E-state index contributed by atoms with van der Waals surface area (Å²) in [5.41, 5.74) is 1.67. The second-order valence-electron chi connectivity index (χ2n) is 6.37. The molecule has 0 unspecified atom stereocenters. The number of carbonyl (C=O) groups is 2. The lowest BCUT2D eigenvalue weighted by molar-refractivity contribution is -0.124. The minimum atomic E-state index is -0.615. The quantitative estimate of drug-likeness (QED) is 0.446. The van der Waals surface area contributed by atoms with E-state index >= 15 is 0 Å². The molecule has 0 aliphatic heterocycles. The largest absolute Gasteiger partial charge is 0.452 e. The van der Waals surface area contributed by atoms with Crippen LogP contribution in [0.3, 0.4) is 0 Å². The number of nitrogens with zero attached hydrogens (tertiary/aromatic N) is 1. The average molecular weight is 418 g/mol. The van der Waals surface area contributed by atoms with Crippen molar-refractivity contribution in [2.24, 2.45) is 0 Å². The number of rotatable bonds is 7. The van der Waals surface area contributed by atoms with Crippen molar-refractivity contribution in [1.82, 2.24) is 10.3 Å². The molecule has 0 radical (unpaired) electrons. The standard InChI is InChI=1S/C23H18N2O4S/c26-21(24-13-17-9-6-12-30-17)15-28-23(27)19-11-5-4-10-18(19)22-25-14-20(29-22)16-7-2-1-3-8-16/h1-12,14H,13,15H2,(H,24,26). The molecule has 0 aliphatic rings. The molecule has 2 heterocycles. The number of hydrogen-bond acceptors (Lipinski definition) is 6. The van der Waals surface area contributed by atoms with Crippen LogP contribution in [-0.2, 0) is 16.1 Å². The van der Waals surface area contributed by atoms with Gasteiger partial charge in [-0.15, -0.1) is 11.3 Å². The third kappa shape index (κ3) is 4.64. The van der Waals surface area contributed by atoms with Gasteiger partial charge in [0.25, 0.3) is 5.91 Å². The fourth-order valence-electron chi connectivity index (χ4n) is 2.84. The smallest absolute Gasteiger partial charge is 0.339 e. The van der Waals surface area contributed by atoms with E-state index in [1.807, 2.05) is 47.8 Å². The summed E-state index contributed by atoms with van der Waals surface area (Å²) in [5, 5.41) is 4.66. The number of esters is 1. The lowest BCUT2D eigenvalue weighted by Gasteiger charge is -2.08. The van der Waals surface area contributed by atoms with Crippen molar-refractivity contribution in [2.75, 3.05) is 6.61 Å². The van der Waals surface area contributed by atoms with E-state index in [0.717, 1.165) is 10.4 Å². The second kappa shape index (κ2) is 9.19. The molecule has 0 saturated carbocycles. The molecular formula is C23H18N2O4S. The van der Waals surface area contributed by atoms with E-state index in [1.165, 1.54) is 0 Å². The summed E-state index contributed by atoms with van der Waals surface area (Å²) >= 11 is 1.55. The molecule has 0 bridgehead atoms. The summed E-state index contributed by atoms with van der Waals surface area (Å²) in [4.78, 5) is 29.9. The molecule has 7 heteroatoms. The number of carbonyl (C=O) groups excluding carboxylic acids is 2. The predicted molar refractivity (Wildman–Crippen MR) is 114 cm³/mol. The van der Waals surface area contributed by atoms with Crippen molar-refractivity contribution < 1.29 is 18.7 Å². The minimum Gasteiger partial charge on any atom is -0.452 e. The fourth-order valence-corrected chi connectivity index (χ4v) is 3.49. The molecule has 30 heavy (non-hydrogen) atoms. The number of amides is 1. The van der Waals surface area contributed by atoms with E-state index in [2.05, 4.69) is 10.3 Å². The lowest BCUT2D eigenvalue weighted by atomic mass is 10.1. The van der Waals surface area contributed by atoms with Gasteiger partial charge in [0.05, 0.1) is 23.9 Å². The molecule has 4 aromatic rings. The maximum Gasteiger partial charge on any atom is 0.339 e. The van der Waals surface area contributed by atoms with E-state index in [1.54, 1.807) is 41.8 Å². The average Bonchev–Trinajstić information content (AvgIpc) is 3.49. The zero-order valence-electron chi connectivity index (χ0n) is 15.9. The monoisotopic (exact) mass is 418 g/mol. The van der Waals surface area contributed by atoms with Gasteiger partial charge in [-0.2, -0.15) is 0 Å². The van der Waals surface area contributed by atoms with E-state index in [0.29, 0.717) is 23.8 Å². The van der Waals surface area contributed by atoms with E-state index in [4.69, 9.17) is 9.15 Å². The van der Waals surface area contributed by atoms with Crippen LogP contribution in [-0.4, -0.2) is 23.5 Å². The molecule has 150 valence electrons. The van der Waals surface area contributed by atoms with Crippen LogP contribution in [0.4, 0.5) is 0 Å². The summed E-state index contributed by atoms with van der Waals surface area (Å²) in [6.45, 7) is 0.0443. The van der Waals surface area contributed by atoms with Crippen molar-refractivity contribution in [1.29, 1.82) is 0 Å². The Morgan fingerprint density at radius 3 is 2.60 bits per heavy atom. The van der Waals surface area contributed by atoms with Gasteiger partial charge in [-0.25, -0.2) is 9.78 Å². The Labute approximate surface area is 177 Å². The molecule has 0 saturated heterocycles. The Bertz CT molecular complexity index is 1140. The lowest BCUT2D eigenvalue weighted by Crippen LogP contribution is -2.28. The van der Waals surface area contributed by atoms with Crippen LogP contribution in [0, 0.1) is 0 Å². The Kier molecular flexibility index (Phi) is 6.01. The van der Waals surface area contributed by atoms with Crippen molar-refractivity contribution >= 4 is 23.2 Å². The molecule has 0 aliphatic carbocycles. The molecule has 0 fully saturated rings. The molecule has 2 aromatic heterocycles. The van der Waals surface area contributed by atoms with Crippen molar-refractivity contribution in [3.63, 3.8) is 0 Å². The summed E-state index contributed by atoms with van der Waals surface area (Å²) in [7, 11) is 0. The predicted octanol–water partition coefficient (Wildman–Crippen LogP) is 4.54. The number of thiophene rings is 1. The molecular weight excluding hydrogens is 400 g/mol. The maximum atomic E-state index is 12.6. The van der Waals surface area contributed by atoms with Crippen molar-refractivity contribution in [3.05, 3.63) is 88.7 Å². The van der Waals surface area contributed by atoms with Gasteiger partial charge < -0.3 is 14.5 Å². The highest BCUT2D eigenvalue weighted by Crippen LogP contribution is 2.28. The van der Waals surface area contributed by atoms with Crippen LogP contribution in [0.25, 0.3) is 22.8 Å². The third-order valence-electron chi connectivity index (χ3n) is 4.32. The summed E-state index contributed by atoms with van der Waals surface area (Å²) in [6.07, 6.45) is 1.62. The molecule has 0 spiro atoms. The summed E-state index contributed by atoms with van der Waals surface area (Å²) in [5.74, 6) is -0.0710. The number of oxazole rings is 1. The Balaban J connectivity index is 1.43. The van der Waals surface area contributed by atoms with Crippen molar-refractivity contribution in [2.45, 2.75) is 6.54 Å². The molecule has 4 rings (SSSR count). The first-order chi connectivity index (χ1) is 14.7. The molecule has 1 amide bonds. The summed E-state index contributed by atoms with van der Waals surface area (Å²) in [6, 6.07) is 20.3. The zero-order chi connectivity index (χ0) is 20.8. The fraction of sp³-hybridized carbons (Fsp3) is 0.0870. The highest BCUT2D eigenvalue weighted by Gasteiger charge is 2.19. The molecule has 6 nitrogen and oxygen atoms in total. The van der Waals surface area contributed by atoms with Crippen LogP contribution >= 0.6 is 11.3 Å². The minimum absolute atomic E-state index is 0.282. The number of aromatic nitrogens is 1. The van der Waals surface area contributed by atoms with Gasteiger partial charge in [0.15, 0.2) is 12.4 Å². The first-order valence-corrected chi connectivity index (χ1v) is 10.2. The van der Waals surface area contributed by atoms with Gasteiger partial charge in [0.2, 0.25) is 5.89 Å². The Morgan fingerprint density at radius 2 is 1.80 bits per heavy atom. The SMILES string of the molecule is O=C(COC(=O)c1ccccc1-c1ncc(-c2ccccc2)o1)NCc1cccs1. The normalized spacial score (nSPS) is 10.5. The highest BCUT2D eigenvalue weighted by molar-refractivity contribution is 7.09. The molecule has 0 atom stereocenters. The number of hydrogen-bond donors (Lipinski definition) is 1. The Morgan fingerprint density at radius 1 is 1.00 bits per heavy atom. The first-order valence-electron chi connectivity index (χ1n) is 9.27. The topological polar surface area (TPSA) is 81.4 Å². The number of benzene rings is 2.